The first kappa shape index (κ1) is 20.6. The van der Waals surface area contributed by atoms with Gasteiger partial charge in [-0.05, 0) is 62.5 Å². The SMILES string of the molecule is CCn1c(CN2CCC(C(=O)Nc3ccccc3C(C)C)CC2)nc2ccccc21. The summed E-state index contributed by atoms with van der Waals surface area (Å²) in [5.74, 6) is 1.74. The molecule has 3 aromatic rings. The number of likely N-dealkylation sites (tertiary alicyclic amines) is 1. The average Bonchev–Trinajstić information content (AvgIpc) is 3.11. The molecule has 0 atom stereocenters. The maximum atomic E-state index is 12.9. The molecular weight excluding hydrogens is 372 g/mol. The van der Waals surface area contributed by atoms with Crippen LogP contribution >= 0.6 is 0 Å². The van der Waals surface area contributed by atoms with Gasteiger partial charge in [-0.3, -0.25) is 9.69 Å². The van der Waals surface area contributed by atoms with Crippen molar-refractivity contribution in [1.82, 2.24) is 14.5 Å². The number of aryl methyl sites for hydroxylation is 1. The number of para-hydroxylation sites is 3. The van der Waals surface area contributed by atoms with Gasteiger partial charge in [0, 0.05) is 18.2 Å². The fraction of sp³-hybridized carbons (Fsp3) is 0.440. The maximum absolute atomic E-state index is 12.9. The molecule has 2 aromatic carbocycles. The fourth-order valence-corrected chi connectivity index (χ4v) is 4.50. The molecule has 1 fully saturated rings. The molecule has 1 amide bonds. The Bertz CT molecular complexity index is 1010. The molecule has 4 rings (SSSR count). The summed E-state index contributed by atoms with van der Waals surface area (Å²) in [5, 5.41) is 3.19. The van der Waals surface area contributed by atoms with Gasteiger partial charge in [0.25, 0.3) is 0 Å². The first-order chi connectivity index (χ1) is 14.6. The Balaban J connectivity index is 1.37. The predicted octanol–water partition coefficient (Wildman–Crippen LogP) is 5.03. The number of anilines is 1. The van der Waals surface area contributed by atoms with Gasteiger partial charge in [-0.1, -0.05) is 44.2 Å². The fourth-order valence-electron chi connectivity index (χ4n) is 4.50. The van der Waals surface area contributed by atoms with E-state index in [0.717, 1.165) is 56.0 Å². The van der Waals surface area contributed by atoms with Gasteiger partial charge in [0.15, 0.2) is 0 Å². The second kappa shape index (κ2) is 9.00. The van der Waals surface area contributed by atoms with E-state index in [1.54, 1.807) is 0 Å². The molecule has 0 aliphatic carbocycles. The number of rotatable bonds is 6. The molecule has 0 saturated carbocycles. The number of hydrogen-bond donors (Lipinski definition) is 1. The Kier molecular flexibility index (Phi) is 6.18. The standard InChI is InChI=1S/C25H32N4O/c1-4-29-23-12-8-7-11-22(23)26-24(29)17-28-15-13-19(14-16-28)25(30)27-21-10-6-5-9-20(21)18(2)3/h5-12,18-19H,4,13-17H2,1-3H3,(H,27,30). The van der Waals surface area contributed by atoms with E-state index in [4.69, 9.17) is 4.98 Å². The van der Waals surface area contributed by atoms with Crippen LogP contribution in [0.2, 0.25) is 0 Å². The van der Waals surface area contributed by atoms with Crippen molar-refractivity contribution in [3.8, 4) is 0 Å². The quantitative estimate of drug-likeness (QED) is 0.627. The van der Waals surface area contributed by atoms with Crippen molar-refractivity contribution in [3.05, 3.63) is 59.9 Å². The summed E-state index contributed by atoms with van der Waals surface area (Å²) in [4.78, 5) is 20.2. The largest absolute Gasteiger partial charge is 0.327 e. The van der Waals surface area contributed by atoms with E-state index >= 15 is 0 Å². The Labute approximate surface area is 179 Å². The average molecular weight is 405 g/mol. The number of imidazole rings is 1. The van der Waals surface area contributed by atoms with E-state index in [0.29, 0.717) is 5.92 Å². The Morgan fingerprint density at radius 1 is 1.10 bits per heavy atom. The first-order valence-electron chi connectivity index (χ1n) is 11.1. The third-order valence-electron chi connectivity index (χ3n) is 6.21. The molecule has 5 heteroatoms. The summed E-state index contributed by atoms with van der Waals surface area (Å²) in [6, 6.07) is 16.5. The molecule has 1 saturated heterocycles. The lowest BCUT2D eigenvalue weighted by Crippen LogP contribution is -2.38. The summed E-state index contributed by atoms with van der Waals surface area (Å²) in [7, 11) is 0. The molecular formula is C25H32N4O. The molecule has 2 heterocycles. The number of piperidine rings is 1. The van der Waals surface area contributed by atoms with E-state index < -0.39 is 0 Å². The van der Waals surface area contributed by atoms with Crippen LogP contribution in [0.5, 0.6) is 0 Å². The summed E-state index contributed by atoms with van der Waals surface area (Å²) in [6.07, 6.45) is 1.78. The van der Waals surface area contributed by atoms with E-state index in [1.807, 2.05) is 24.3 Å². The lowest BCUT2D eigenvalue weighted by Gasteiger charge is -2.31. The summed E-state index contributed by atoms with van der Waals surface area (Å²) in [5.41, 5.74) is 4.42. The minimum atomic E-state index is 0.0754. The number of aromatic nitrogens is 2. The highest BCUT2D eigenvalue weighted by atomic mass is 16.1. The number of carbonyl (C=O) groups is 1. The Morgan fingerprint density at radius 2 is 1.80 bits per heavy atom. The van der Waals surface area contributed by atoms with Crippen molar-refractivity contribution in [1.29, 1.82) is 0 Å². The lowest BCUT2D eigenvalue weighted by molar-refractivity contribution is -0.121. The van der Waals surface area contributed by atoms with Gasteiger partial charge in [-0.15, -0.1) is 0 Å². The first-order valence-corrected chi connectivity index (χ1v) is 11.1. The van der Waals surface area contributed by atoms with Crippen molar-refractivity contribution in [2.24, 2.45) is 5.92 Å². The second-order valence-corrected chi connectivity index (χ2v) is 8.54. The highest BCUT2D eigenvalue weighted by molar-refractivity contribution is 5.93. The van der Waals surface area contributed by atoms with Crippen LogP contribution in [0.1, 0.15) is 50.9 Å². The highest BCUT2D eigenvalue weighted by Gasteiger charge is 2.26. The molecule has 1 aliphatic heterocycles. The van der Waals surface area contributed by atoms with E-state index in [-0.39, 0.29) is 11.8 Å². The number of hydrogen-bond acceptors (Lipinski definition) is 3. The van der Waals surface area contributed by atoms with Crippen molar-refractivity contribution >= 4 is 22.6 Å². The van der Waals surface area contributed by atoms with Gasteiger partial charge >= 0.3 is 0 Å². The third-order valence-corrected chi connectivity index (χ3v) is 6.21. The molecule has 1 aliphatic rings. The second-order valence-electron chi connectivity index (χ2n) is 8.54. The Hall–Kier alpha value is -2.66. The van der Waals surface area contributed by atoms with Crippen molar-refractivity contribution in [2.75, 3.05) is 18.4 Å². The van der Waals surface area contributed by atoms with Crippen molar-refractivity contribution in [3.63, 3.8) is 0 Å². The third kappa shape index (κ3) is 4.26. The minimum absolute atomic E-state index is 0.0754. The maximum Gasteiger partial charge on any atom is 0.227 e. The number of carbonyl (C=O) groups excluding carboxylic acids is 1. The predicted molar refractivity (Wildman–Crippen MR) is 123 cm³/mol. The van der Waals surface area contributed by atoms with Crippen LogP contribution in [-0.4, -0.2) is 33.4 Å². The number of amides is 1. The van der Waals surface area contributed by atoms with Crippen LogP contribution in [-0.2, 0) is 17.9 Å². The zero-order chi connectivity index (χ0) is 21.1. The van der Waals surface area contributed by atoms with Gasteiger partial charge in [-0.2, -0.15) is 0 Å². The van der Waals surface area contributed by atoms with E-state index in [9.17, 15) is 4.79 Å². The van der Waals surface area contributed by atoms with E-state index in [2.05, 4.69) is 59.8 Å². The van der Waals surface area contributed by atoms with Crippen LogP contribution < -0.4 is 5.32 Å². The summed E-state index contributed by atoms with van der Waals surface area (Å²) >= 11 is 0. The van der Waals surface area contributed by atoms with E-state index in [1.165, 1.54) is 11.1 Å². The summed E-state index contributed by atoms with van der Waals surface area (Å²) < 4.78 is 2.30. The lowest BCUT2D eigenvalue weighted by atomic mass is 9.95. The van der Waals surface area contributed by atoms with Gasteiger partial charge in [0.05, 0.1) is 17.6 Å². The van der Waals surface area contributed by atoms with Gasteiger partial charge < -0.3 is 9.88 Å². The monoisotopic (exact) mass is 404 g/mol. The van der Waals surface area contributed by atoms with Crippen LogP contribution in [0.3, 0.4) is 0 Å². The van der Waals surface area contributed by atoms with Crippen LogP contribution in [0.4, 0.5) is 5.69 Å². The van der Waals surface area contributed by atoms with Gasteiger partial charge in [0.1, 0.15) is 5.82 Å². The van der Waals surface area contributed by atoms with Crippen LogP contribution in [0.25, 0.3) is 11.0 Å². The summed E-state index contributed by atoms with van der Waals surface area (Å²) in [6.45, 7) is 10.1. The van der Waals surface area contributed by atoms with Crippen molar-refractivity contribution < 1.29 is 4.79 Å². The number of nitrogens with one attached hydrogen (secondary N) is 1. The van der Waals surface area contributed by atoms with Crippen molar-refractivity contribution in [2.45, 2.75) is 52.6 Å². The van der Waals surface area contributed by atoms with Gasteiger partial charge in [0.2, 0.25) is 5.91 Å². The smallest absolute Gasteiger partial charge is 0.227 e. The molecule has 0 spiro atoms. The zero-order valence-electron chi connectivity index (χ0n) is 18.3. The minimum Gasteiger partial charge on any atom is -0.327 e. The number of nitrogens with zero attached hydrogens (tertiary/aromatic N) is 3. The van der Waals surface area contributed by atoms with Crippen LogP contribution in [0, 0.1) is 5.92 Å². The molecule has 1 N–H and O–H groups in total. The Morgan fingerprint density at radius 3 is 2.53 bits per heavy atom. The molecule has 30 heavy (non-hydrogen) atoms. The zero-order valence-corrected chi connectivity index (χ0v) is 18.3. The highest BCUT2D eigenvalue weighted by Crippen LogP contribution is 2.26. The number of fused-ring (bicyclic) bond motifs is 1. The molecule has 1 aromatic heterocycles. The molecule has 5 nitrogen and oxygen atoms in total. The molecule has 0 radical (unpaired) electrons. The molecule has 0 unspecified atom stereocenters. The molecule has 158 valence electrons. The van der Waals surface area contributed by atoms with Gasteiger partial charge in [-0.25, -0.2) is 4.98 Å². The van der Waals surface area contributed by atoms with Crippen LogP contribution in [0.15, 0.2) is 48.5 Å². The molecule has 0 bridgehead atoms. The topological polar surface area (TPSA) is 50.2 Å². The normalized spacial score (nSPS) is 15.7. The number of benzene rings is 2.